The van der Waals surface area contributed by atoms with E-state index in [2.05, 4.69) is 9.72 Å². The normalized spacial score (nSPS) is 11.9. The Morgan fingerprint density at radius 2 is 2.11 bits per heavy atom. The maximum atomic E-state index is 12.1. The van der Waals surface area contributed by atoms with E-state index in [1.165, 1.54) is 30.4 Å². The fourth-order valence-electron chi connectivity index (χ4n) is 1.58. The van der Waals surface area contributed by atoms with Crippen molar-refractivity contribution in [1.29, 1.82) is 5.26 Å². The molecule has 0 atom stereocenters. The van der Waals surface area contributed by atoms with Gasteiger partial charge in [-0.05, 0) is 24.3 Å². The minimum absolute atomic E-state index is 0.291. The minimum Gasteiger partial charge on any atom is -0.406 e. The van der Waals surface area contributed by atoms with Crippen LogP contribution in [0.5, 0.6) is 5.75 Å². The molecular formula is C12H7F3N2O. The molecule has 1 heterocycles. The smallest absolute Gasteiger partial charge is 0.406 e. The molecule has 1 aromatic heterocycles. The van der Waals surface area contributed by atoms with Gasteiger partial charge in [0, 0.05) is 28.7 Å². The van der Waals surface area contributed by atoms with Gasteiger partial charge in [0.25, 0.3) is 0 Å². The van der Waals surface area contributed by atoms with Crippen molar-refractivity contribution in [2.75, 3.05) is 0 Å². The van der Waals surface area contributed by atoms with Gasteiger partial charge >= 0.3 is 6.36 Å². The van der Waals surface area contributed by atoms with Gasteiger partial charge in [-0.1, -0.05) is 0 Å². The molecule has 2 aromatic rings. The topological polar surface area (TPSA) is 48.8 Å². The zero-order valence-electron chi connectivity index (χ0n) is 8.95. The molecule has 0 saturated carbocycles. The van der Waals surface area contributed by atoms with Crippen molar-refractivity contribution in [2.45, 2.75) is 6.36 Å². The molecule has 92 valence electrons. The van der Waals surface area contributed by atoms with E-state index in [0.29, 0.717) is 16.5 Å². The fourth-order valence-corrected chi connectivity index (χ4v) is 1.58. The predicted molar refractivity (Wildman–Crippen MR) is 59.6 cm³/mol. The molecule has 0 spiro atoms. The van der Waals surface area contributed by atoms with Crippen molar-refractivity contribution in [1.82, 2.24) is 4.98 Å². The van der Waals surface area contributed by atoms with Crippen LogP contribution in [0, 0.1) is 11.3 Å². The van der Waals surface area contributed by atoms with E-state index in [4.69, 9.17) is 5.26 Å². The number of allylic oxidation sites excluding steroid dienone is 1. The molecule has 0 unspecified atom stereocenters. The lowest BCUT2D eigenvalue weighted by Gasteiger charge is -2.08. The number of aromatic amines is 1. The van der Waals surface area contributed by atoms with E-state index in [-0.39, 0.29) is 5.75 Å². The summed E-state index contributed by atoms with van der Waals surface area (Å²) in [6.07, 6.45) is -0.349. The second kappa shape index (κ2) is 4.45. The summed E-state index contributed by atoms with van der Waals surface area (Å²) in [5.74, 6) is -0.291. The number of ether oxygens (including phenoxy) is 1. The van der Waals surface area contributed by atoms with E-state index in [1.807, 2.05) is 6.07 Å². The quantitative estimate of drug-likeness (QED) is 0.830. The first-order chi connectivity index (χ1) is 8.49. The van der Waals surface area contributed by atoms with Crippen molar-refractivity contribution >= 4 is 17.0 Å². The van der Waals surface area contributed by atoms with Gasteiger partial charge in [-0.3, -0.25) is 0 Å². The monoisotopic (exact) mass is 252 g/mol. The highest BCUT2D eigenvalue weighted by molar-refractivity contribution is 5.90. The number of H-pyrrole nitrogens is 1. The molecule has 2 rings (SSSR count). The van der Waals surface area contributed by atoms with Crippen molar-refractivity contribution < 1.29 is 17.9 Å². The second-order valence-corrected chi connectivity index (χ2v) is 3.46. The SMILES string of the molecule is N#C/C=C/c1c[nH]c2ccc(OC(F)(F)F)cc12. The zero-order valence-corrected chi connectivity index (χ0v) is 8.95. The Labute approximate surface area is 100 Å². The van der Waals surface area contributed by atoms with Gasteiger partial charge in [0.15, 0.2) is 0 Å². The lowest BCUT2D eigenvalue weighted by molar-refractivity contribution is -0.274. The van der Waals surface area contributed by atoms with Crippen molar-refractivity contribution in [3.63, 3.8) is 0 Å². The van der Waals surface area contributed by atoms with E-state index in [9.17, 15) is 13.2 Å². The third kappa shape index (κ3) is 2.63. The van der Waals surface area contributed by atoms with Gasteiger partial charge < -0.3 is 9.72 Å². The van der Waals surface area contributed by atoms with E-state index in [0.717, 1.165) is 0 Å². The second-order valence-electron chi connectivity index (χ2n) is 3.46. The summed E-state index contributed by atoms with van der Waals surface area (Å²) >= 11 is 0. The van der Waals surface area contributed by atoms with Crippen LogP contribution in [0.1, 0.15) is 5.56 Å². The van der Waals surface area contributed by atoms with Gasteiger partial charge in [0.05, 0.1) is 6.07 Å². The summed E-state index contributed by atoms with van der Waals surface area (Å²) in [4.78, 5) is 2.89. The van der Waals surface area contributed by atoms with Gasteiger partial charge in [0.2, 0.25) is 0 Å². The van der Waals surface area contributed by atoms with Gasteiger partial charge in [-0.15, -0.1) is 13.2 Å². The molecule has 0 amide bonds. The summed E-state index contributed by atoms with van der Waals surface area (Å²) in [7, 11) is 0. The lowest BCUT2D eigenvalue weighted by atomic mass is 10.1. The first-order valence-electron chi connectivity index (χ1n) is 4.92. The summed E-state index contributed by atoms with van der Waals surface area (Å²) in [5.41, 5.74) is 1.29. The average molecular weight is 252 g/mol. The molecule has 0 radical (unpaired) electrons. The Kier molecular flexibility index (Phi) is 2.98. The van der Waals surface area contributed by atoms with Gasteiger partial charge in [-0.25, -0.2) is 0 Å². The molecule has 0 aliphatic rings. The van der Waals surface area contributed by atoms with Crippen LogP contribution in [0.25, 0.3) is 17.0 Å². The number of benzene rings is 1. The predicted octanol–water partition coefficient (Wildman–Crippen LogP) is 3.60. The summed E-state index contributed by atoms with van der Waals surface area (Å²) in [6.45, 7) is 0. The first-order valence-corrected chi connectivity index (χ1v) is 4.92. The molecule has 0 saturated heterocycles. The van der Waals surface area contributed by atoms with Crippen molar-refractivity contribution in [2.24, 2.45) is 0 Å². The molecule has 3 nitrogen and oxygen atoms in total. The van der Waals surface area contributed by atoms with Crippen LogP contribution >= 0.6 is 0 Å². The van der Waals surface area contributed by atoms with Crippen LogP contribution in [0.2, 0.25) is 0 Å². The maximum Gasteiger partial charge on any atom is 0.573 e. The Morgan fingerprint density at radius 1 is 1.33 bits per heavy atom. The number of hydrogen-bond donors (Lipinski definition) is 1. The number of halogens is 3. The largest absolute Gasteiger partial charge is 0.573 e. The lowest BCUT2D eigenvalue weighted by Crippen LogP contribution is -2.16. The third-order valence-corrected chi connectivity index (χ3v) is 2.26. The molecule has 0 aliphatic heterocycles. The zero-order chi connectivity index (χ0) is 13.2. The molecule has 18 heavy (non-hydrogen) atoms. The highest BCUT2D eigenvalue weighted by Crippen LogP contribution is 2.28. The molecular weight excluding hydrogens is 245 g/mol. The molecule has 6 heteroatoms. The number of fused-ring (bicyclic) bond motifs is 1. The van der Waals surface area contributed by atoms with Crippen LogP contribution < -0.4 is 4.74 Å². The molecule has 0 bridgehead atoms. The number of nitrogens with one attached hydrogen (secondary N) is 1. The molecule has 0 aliphatic carbocycles. The van der Waals surface area contributed by atoms with Crippen LogP contribution in [-0.2, 0) is 0 Å². The van der Waals surface area contributed by atoms with E-state index >= 15 is 0 Å². The third-order valence-electron chi connectivity index (χ3n) is 2.26. The number of nitrogens with zero attached hydrogens (tertiary/aromatic N) is 1. The maximum absolute atomic E-state index is 12.1. The molecule has 1 N–H and O–H groups in total. The van der Waals surface area contributed by atoms with E-state index < -0.39 is 6.36 Å². The van der Waals surface area contributed by atoms with Crippen LogP contribution in [0.15, 0.2) is 30.5 Å². The summed E-state index contributed by atoms with van der Waals surface area (Å²) in [5, 5.41) is 8.98. The number of alkyl halides is 3. The standard InChI is InChI=1S/C12H7F3N2O/c13-12(14,15)18-9-3-4-11-10(6-9)8(7-17-11)2-1-5-16/h1-4,6-7,17H/b2-1+. The Morgan fingerprint density at radius 3 is 2.78 bits per heavy atom. The molecule has 1 aromatic carbocycles. The van der Waals surface area contributed by atoms with E-state index in [1.54, 1.807) is 6.20 Å². The van der Waals surface area contributed by atoms with Crippen LogP contribution in [-0.4, -0.2) is 11.3 Å². The fraction of sp³-hybridized carbons (Fsp3) is 0.0833. The summed E-state index contributed by atoms with van der Waals surface area (Å²) in [6, 6.07) is 5.80. The number of nitriles is 1. The highest BCUT2D eigenvalue weighted by Gasteiger charge is 2.31. The number of hydrogen-bond acceptors (Lipinski definition) is 2. The Hall–Kier alpha value is -2.42. The number of aromatic nitrogens is 1. The van der Waals surface area contributed by atoms with Crippen LogP contribution in [0.4, 0.5) is 13.2 Å². The molecule has 0 fully saturated rings. The van der Waals surface area contributed by atoms with Gasteiger partial charge in [-0.2, -0.15) is 5.26 Å². The van der Waals surface area contributed by atoms with Crippen molar-refractivity contribution in [3.05, 3.63) is 36.0 Å². The highest BCUT2D eigenvalue weighted by atomic mass is 19.4. The van der Waals surface area contributed by atoms with Crippen LogP contribution in [0.3, 0.4) is 0 Å². The first kappa shape index (κ1) is 12.0. The number of rotatable bonds is 2. The average Bonchev–Trinajstić information content (AvgIpc) is 2.67. The van der Waals surface area contributed by atoms with Crippen molar-refractivity contribution in [3.8, 4) is 11.8 Å². The Balaban J connectivity index is 2.43. The van der Waals surface area contributed by atoms with Gasteiger partial charge in [0.1, 0.15) is 5.75 Å². The minimum atomic E-state index is -4.72. The summed E-state index contributed by atoms with van der Waals surface area (Å²) < 4.78 is 40.1. The Bertz CT molecular complexity index is 635.